The van der Waals surface area contributed by atoms with Crippen LogP contribution in [0, 0.1) is 0 Å². The van der Waals surface area contributed by atoms with E-state index in [-0.39, 0.29) is 0 Å². The number of unbranched alkanes of at least 4 members (excludes halogenated alkanes) is 2. The van der Waals surface area contributed by atoms with Gasteiger partial charge in [0.2, 0.25) is 0 Å². The van der Waals surface area contributed by atoms with Gasteiger partial charge in [-0.2, -0.15) is 0 Å². The highest BCUT2D eigenvalue weighted by atomic mass is 16.5. The van der Waals surface area contributed by atoms with Gasteiger partial charge >= 0.3 is 0 Å². The fourth-order valence-electron chi connectivity index (χ4n) is 3.50. The summed E-state index contributed by atoms with van der Waals surface area (Å²) in [6.07, 6.45) is 8.18. The fourth-order valence-corrected chi connectivity index (χ4v) is 3.50. The van der Waals surface area contributed by atoms with Crippen molar-refractivity contribution in [3.05, 3.63) is 60.2 Å². The van der Waals surface area contributed by atoms with Crippen LogP contribution in [-0.4, -0.2) is 12.7 Å². The van der Waals surface area contributed by atoms with E-state index in [1.54, 1.807) is 0 Å². The third kappa shape index (κ3) is 4.45. The molecule has 1 aliphatic rings. The minimum atomic E-state index is 0.501. The molecule has 1 nitrogen and oxygen atoms in total. The molecule has 0 bridgehead atoms. The van der Waals surface area contributed by atoms with Crippen LogP contribution in [0.5, 0.6) is 0 Å². The maximum Gasteiger partial charge on any atom is 0.0575 e. The zero-order valence-corrected chi connectivity index (χ0v) is 14.2. The largest absolute Gasteiger partial charge is 0.378 e. The number of rotatable bonds is 6. The second-order valence-electron chi connectivity index (χ2n) is 6.71. The molecular formula is C22H28O. The average Bonchev–Trinajstić information content (AvgIpc) is 2.63. The Balaban J connectivity index is 1.55. The highest BCUT2D eigenvalue weighted by Crippen LogP contribution is 2.31. The smallest absolute Gasteiger partial charge is 0.0575 e. The predicted molar refractivity (Wildman–Crippen MR) is 97.7 cm³/mol. The molecule has 0 spiro atoms. The molecule has 1 saturated heterocycles. The Kier molecular flexibility index (Phi) is 5.87. The summed E-state index contributed by atoms with van der Waals surface area (Å²) in [6, 6.07) is 19.7. The molecule has 0 aromatic heterocycles. The summed E-state index contributed by atoms with van der Waals surface area (Å²) in [4.78, 5) is 0. The molecule has 0 radical (unpaired) electrons. The van der Waals surface area contributed by atoms with Crippen molar-refractivity contribution in [1.82, 2.24) is 0 Å². The first kappa shape index (κ1) is 16.3. The second kappa shape index (κ2) is 8.31. The highest BCUT2D eigenvalue weighted by Gasteiger charge is 2.22. The van der Waals surface area contributed by atoms with Crippen molar-refractivity contribution in [2.75, 3.05) is 6.61 Å². The Morgan fingerprint density at radius 1 is 0.870 bits per heavy atom. The minimum absolute atomic E-state index is 0.501. The maximum absolute atomic E-state index is 6.11. The monoisotopic (exact) mass is 308 g/mol. The van der Waals surface area contributed by atoms with Crippen LogP contribution in [0.15, 0.2) is 54.6 Å². The molecule has 2 atom stereocenters. The summed E-state index contributed by atoms with van der Waals surface area (Å²) in [5.41, 5.74) is 4.01. The van der Waals surface area contributed by atoms with Gasteiger partial charge in [-0.3, -0.25) is 0 Å². The molecule has 122 valence electrons. The third-order valence-corrected chi connectivity index (χ3v) is 4.99. The van der Waals surface area contributed by atoms with Crippen LogP contribution in [0.1, 0.15) is 56.9 Å². The van der Waals surface area contributed by atoms with E-state index in [0.29, 0.717) is 12.0 Å². The SMILES string of the molecule is CCCCCC1CCC(c2ccc(-c3ccccc3)cc2)CO1. The number of hydrogen-bond acceptors (Lipinski definition) is 1. The van der Waals surface area contributed by atoms with Crippen LogP contribution in [0.25, 0.3) is 11.1 Å². The van der Waals surface area contributed by atoms with Gasteiger partial charge in [-0.15, -0.1) is 0 Å². The van der Waals surface area contributed by atoms with Crippen LogP contribution in [0.2, 0.25) is 0 Å². The number of benzene rings is 2. The summed E-state index contributed by atoms with van der Waals surface area (Å²) in [5, 5.41) is 0. The maximum atomic E-state index is 6.11. The first-order valence-electron chi connectivity index (χ1n) is 9.14. The van der Waals surface area contributed by atoms with Crippen molar-refractivity contribution in [3.63, 3.8) is 0 Å². The Bertz CT molecular complexity index is 565. The van der Waals surface area contributed by atoms with Crippen LogP contribution >= 0.6 is 0 Å². The Labute approximate surface area is 140 Å². The summed E-state index contributed by atoms with van der Waals surface area (Å²) in [5.74, 6) is 0.572. The lowest BCUT2D eigenvalue weighted by Crippen LogP contribution is -2.24. The molecule has 0 N–H and O–H groups in total. The topological polar surface area (TPSA) is 9.23 Å². The first-order valence-corrected chi connectivity index (χ1v) is 9.14. The first-order chi connectivity index (χ1) is 11.4. The van der Waals surface area contributed by atoms with Crippen LogP contribution in [0.4, 0.5) is 0 Å². The fraction of sp³-hybridized carbons (Fsp3) is 0.455. The van der Waals surface area contributed by atoms with Gasteiger partial charge in [-0.25, -0.2) is 0 Å². The number of ether oxygens (including phenoxy) is 1. The van der Waals surface area contributed by atoms with Gasteiger partial charge in [0, 0.05) is 5.92 Å². The minimum Gasteiger partial charge on any atom is -0.378 e. The van der Waals surface area contributed by atoms with Crippen molar-refractivity contribution in [1.29, 1.82) is 0 Å². The van der Waals surface area contributed by atoms with E-state index in [2.05, 4.69) is 61.5 Å². The highest BCUT2D eigenvalue weighted by molar-refractivity contribution is 5.63. The zero-order chi connectivity index (χ0) is 15.9. The van der Waals surface area contributed by atoms with E-state index in [9.17, 15) is 0 Å². The van der Waals surface area contributed by atoms with E-state index >= 15 is 0 Å². The Morgan fingerprint density at radius 2 is 1.61 bits per heavy atom. The van der Waals surface area contributed by atoms with Crippen LogP contribution in [0.3, 0.4) is 0 Å². The van der Waals surface area contributed by atoms with Crippen molar-refractivity contribution >= 4 is 0 Å². The van der Waals surface area contributed by atoms with E-state index in [1.165, 1.54) is 55.2 Å². The second-order valence-corrected chi connectivity index (χ2v) is 6.71. The molecule has 3 rings (SSSR count). The molecule has 2 aromatic carbocycles. The predicted octanol–water partition coefficient (Wildman–Crippen LogP) is 6.20. The molecule has 23 heavy (non-hydrogen) atoms. The van der Waals surface area contributed by atoms with E-state index in [4.69, 9.17) is 4.74 Å². The van der Waals surface area contributed by atoms with Gasteiger partial charge in [0.15, 0.2) is 0 Å². The van der Waals surface area contributed by atoms with Crippen molar-refractivity contribution < 1.29 is 4.74 Å². The van der Waals surface area contributed by atoms with Gasteiger partial charge in [-0.1, -0.05) is 80.8 Å². The lowest BCUT2D eigenvalue weighted by atomic mass is 9.89. The van der Waals surface area contributed by atoms with Crippen molar-refractivity contribution in [2.45, 2.75) is 57.5 Å². The quantitative estimate of drug-likeness (QED) is 0.577. The van der Waals surface area contributed by atoms with Crippen LogP contribution in [-0.2, 0) is 4.74 Å². The van der Waals surface area contributed by atoms with E-state index in [0.717, 1.165) is 6.61 Å². The van der Waals surface area contributed by atoms with E-state index in [1.807, 2.05) is 0 Å². The Hall–Kier alpha value is -1.60. The molecular weight excluding hydrogens is 280 g/mol. The molecule has 1 aliphatic heterocycles. The molecule has 0 aliphatic carbocycles. The average molecular weight is 308 g/mol. The zero-order valence-electron chi connectivity index (χ0n) is 14.2. The molecule has 0 amide bonds. The summed E-state index contributed by atoms with van der Waals surface area (Å²) in [6.45, 7) is 3.15. The van der Waals surface area contributed by atoms with Gasteiger partial charge in [0.1, 0.15) is 0 Å². The van der Waals surface area contributed by atoms with Crippen molar-refractivity contribution in [3.8, 4) is 11.1 Å². The lowest BCUT2D eigenvalue weighted by molar-refractivity contribution is -0.00207. The molecule has 1 fully saturated rings. The molecule has 0 saturated carbocycles. The van der Waals surface area contributed by atoms with Gasteiger partial charge in [0.25, 0.3) is 0 Å². The van der Waals surface area contributed by atoms with Gasteiger partial charge in [-0.05, 0) is 36.0 Å². The molecule has 1 heteroatoms. The standard InChI is InChI=1S/C22H28O/c1-2-3-5-10-22-16-15-21(17-23-22)20-13-11-19(12-14-20)18-8-6-4-7-9-18/h4,6-9,11-14,21-22H,2-3,5,10,15-17H2,1H3. The van der Waals surface area contributed by atoms with Crippen molar-refractivity contribution in [2.24, 2.45) is 0 Å². The van der Waals surface area contributed by atoms with E-state index < -0.39 is 0 Å². The van der Waals surface area contributed by atoms with Gasteiger partial charge < -0.3 is 4.74 Å². The third-order valence-electron chi connectivity index (χ3n) is 4.99. The summed E-state index contributed by atoms with van der Waals surface area (Å²) >= 11 is 0. The lowest BCUT2D eigenvalue weighted by Gasteiger charge is -2.29. The molecule has 2 aromatic rings. The molecule has 2 unspecified atom stereocenters. The normalized spacial score (nSPS) is 21.3. The molecule has 1 heterocycles. The van der Waals surface area contributed by atoms with Crippen LogP contribution < -0.4 is 0 Å². The summed E-state index contributed by atoms with van der Waals surface area (Å²) in [7, 11) is 0. The Morgan fingerprint density at radius 3 is 2.26 bits per heavy atom. The number of hydrogen-bond donors (Lipinski definition) is 0. The van der Waals surface area contributed by atoms with Gasteiger partial charge in [0.05, 0.1) is 12.7 Å². The summed E-state index contributed by atoms with van der Waals surface area (Å²) < 4.78 is 6.11.